The molecule has 2 aromatic rings. The van der Waals surface area contributed by atoms with Crippen molar-refractivity contribution < 1.29 is 18.0 Å². The van der Waals surface area contributed by atoms with Crippen LogP contribution >= 0.6 is 0 Å². The van der Waals surface area contributed by atoms with Crippen LogP contribution in [0.1, 0.15) is 31.7 Å². The molecule has 7 heteroatoms. The van der Waals surface area contributed by atoms with Gasteiger partial charge in [-0.1, -0.05) is 18.2 Å². The first-order valence-electron chi connectivity index (χ1n) is 8.98. The zero-order valence-electron chi connectivity index (χ0n) is 15.0. The van der Waals surface area contributed by atoms with Crippen molar-refractivity contribution in [2.24, 2.45) is 0 Å². The highest BCUT2D eigenvalue weighted by Crippen LogP contribution is 2.36. The fourth-order valence-electron chi connectivity index (χ4n) is 3.83. The lowest BCUT2D eigenvalue weighted by Gasteiger charge is -2.26. The van der Waals surface area contributed by atoms with Gasteiger partial charge in [-0.3, -0.25) is 18.8 Å². The molecule has 2 aromatic carbocycles. The first kappa shape index (κ1) is 17.7. The zero-order chi connectivity index (χ0) is 19.2. The van der Waals surface area contributed by atoms with Crippen molar-refractivity contribution in [1.82, 2.24) is 0 Å². The minimum absolute atomic E-state index is 0.145. The second kappa shape index (κ2) is 6.49. The van der Waals surface area contributed by atoms with Crippen LogP contribution in [0.15, 0.2) is 53.4 Å². The van der Waals surface area contributed by atoms with E-state index in [1.54, 1.807) is 0 Å². The summed E-state index contributed by atoms with van der Waals surface area (Å²) in [7, 11) is -3.73. The Morgan fingerprint density at radius 1 is 0.926 bits per heavy atom. The van der Waals surface area contributed by atoms with Crippen LogP contribution in [0.2, 0.25) is 0 Å². The maximum absolute atomic E-state index is 13.2. The highest BCUT2D eigenvalue weighted by molar-refractivity contribution is 7.92. The van der Waals surface area contributed by atoms with E-state index in [-0.39, 0.29) is 22.8 Å². The number of piperidine rings is 1. The second-order valence-electron chi connectivity index (χ2n) is 6.95. The average Bonchev–Trinajstić information content (AvgIpc) is 2.98. The Morgan fingerprint density at radius 2 is 1.56 bits per heavy atom. The van der Waals surface area contributed by atoms with E-state index in [0.717, 1.165) is 10.5 Å². The van der Waals surface area contributed by atoms with Crippen LogP contribution in [0, 0.1) is 0 Å². The third-order valence-corrected chi connectivity index (χ3v) is 7.02. The molecule has 0 spiro atoms. The van der Waals surface area contributed by atoms with Gasteiger partial charge in [0.15, 0.2) is 0 Å². The quantitative estimate of drug-likeness (QED) is 0.763. The molecule has 0 radical (unpaired) electrons. The van der Waals surface area contributed by atoms with Crippen molar-refractivity contribution >= 4 is 33.2 Å². The van der Waals surface area contributed by atoms with Crippen LogP contribution in [0.3, 0.4) is 0 Å². The monoisotopic (exact) mass is 384 g/mol. The van der Waals surface area contributed by atoms with Crippen LogP contribution in [-0.4, -0.2) is 26.3 Å². The van der Waals surface area contributed by atoms with Crippen LogP contribution in [0.5, 0.6) is 0 Å². The fraction of sp³-hybridized carbons (Fsp3) is 0.300. The molecule has 2 heterocycles. The number of imide groups is 1. The zero-order valence-corrected chi connectivity index (χ0v) is 15.8. The van der Waals surface area contributed by atoms with Crippen molar-refractivity contribution in [3.05, 3.63) is 54.1 Å². The largest absolute Gasteiger partial charge is 0.274 e. The summed E-state index contributed by atoms with van der Waals surface area (Å²) in [5, 5.41) is 0. The number of hydrogen-bond acceptors (Lipinski definition) is 4. The fourth-order valence-corrected chi connectivity index (χ4v) is 5.52. The average molecular weight is 384 g/mol. The number of sulfonamides is 1. The van der Waals surface area contributed by atoms with E-state index in [1.165, 1.54) is 28.6 Å². The van der Waals surface area contributed by atoms with Crippen LogP contribution in [0.25, 0.3) is 0 Å². The van der Waals surface area contributed by atoms with E-state index in [2.05, 4.69) is 0 Å². The Hall–Kier alpha value is -2.67. The van der Waals surface area contributed by atoms with Gasteiger partial charge in [-0.05, 0) is 55.7 Å². The third-order valence-electron chi connectivity index (χ3n) is 5.08. The Kier molecular flexibility index (Phi) is 4.26. The van der Waals surface area contributed by atoms with Crippen LogP contribution < -0.4 is 9.21 Å². The summed E-state index contributed by atoms with van der Waals surface area (Å²) < 4.78 is 27.9. The van der Waals surface area contributed by atoms with E-state index in [0.29, 0.717) is 37.1 Å². The predicted molar refractivity (Wildman–Crippen MR) is 102 cm³/mol. The summed E-state index contributed by atoms with van der Waals surface area (Å²) in [6.07, 6.45) is 1.89. The van der Waals surface area contributed by atoms with E-state index in [1.807, 2.05) is 31.2 Å². The molecule has 140 valence electrons. The Bertz CT molecular complexity index is 999. The van der Waals surface area contributed by atoms with Gasteiger partial charge < -0.3 is 0 Å². The highest BCUT2D eigenvalue weighted by Gasteiger charge is 2.36. The van der Waals surface area contributed by atoms with Gasteiger partial charge in [0.05, 0.1) is 16.3 Å². The molecule has 27 heavy (non-hydrogen) atoms. The molecule has 6 nitrogen and oxygen atoms in total. The van der Waals surface area contributed by atoms with Gasteiger partial charge in [0, 0.05) is 18.9 Å². The molecular weight excluding hydrogens is 364 g/mol. The van der Waals surface area contributed by atoms with Crippen molar-refractivity contribution in [2.45, 2.75) is 43.5 Å². The van der Waals surface area contributed by atoms with Gasteiger partial charge in [0.25, 0.3) is 10.0 Å². The van der Waals surface area contributed by atoms with E-state index >= 15 is 0 Å². The van der Waals surface area contributed by atoms with Gasteiger partial charge in [-0.2, -0.15) is 0 Å². The number of benzene rings is 2. The van der Waals surface area contributed by atoms with Gasteiger partial charge >= 0.3 is 0 Å². The minimum Gasteiger partial charge on any atom is -0.274 e. The van der Waals surface area contributed by atoms with Gasteiger partial charge in [0.2, 0.25) is 11.8 Å². The highest BCUT2D eigenvalue weighted by atomic mass is 32.2. The summed E-state index contributed by atoms with van der Waals surface area (Å²) in [5.41, 5.74) is 2.13. The third kappa shape index (κ3) is 2.92. The molecule has 0 aromatic heterocycles. The molecule has 1 atom stereocenters. The van der Waals surface area contributed by atoms with Crippen LogP contribution in [-0.2, 0) is 26.0 Å². The molecule has 2 aliphatic heterocycles. The maximum Gasteiger partial charge on any atom is 0.264 e. The molecule has 1 unspecified atom stereocenters. The smallest absolute Gasteiger partial charge is 0.264 e. The van der Waals surface area contributed by atoms with E-state index in [9.17, 15) is 18.0 Å². The number of rotatable bonds is 3. The van der Waals surface area contributed by atoms with Crippen LogP contribution in [0.4, 0.5) is 11.4 Å². The number of carbonyl (C=O) groups is 2. The molecule has 1 saturated heterocycles. The lowest BCUT2D eigenvalue weighted by atomic mass is 10.1. The van der Waals surface area contributed by atoms with Gasteiger partial charge in [-0.25, -0.2) is 8.42 Å². The number of amides is 2. The van der Waals surface area contributed by atoms with Gasteiger partial charge in [-0.15, -0.1) is 0 Å². The minimum atomic E-state index is -3.73. The molecule has 4 rings (SSSR count). The normalized spacial score (nSPS) is 20.1. The number of fused-ring (bicyclic) bond motifs is 1. The van der Waals surface area contributed by atoms with Crippen molar-refractivity contribution in [3.8, 4) is 0 Å². The number of anilines is 2. The second-order valence-corrected chi connectivity index (χ2v) is 8.77. The molecule has 0 aliphatic carbocycles. The number of carbonyl (C=O) groups excluding carboxylic acids is 2. The van der Waals surface area contributed by atoms with E-state index < -0.39 is 10.0 Å². The summed E-state index contributed by atoms with van der Waals surface area (Å²) in [4.78, 5) is 25.4. The van der Waals surface area contributed by atoms with Gasteiger partial charge in [0.1, 0.15) is 0 Å². The maximum atomic E-state index is 13.2. The summed E-state index contributed by atoms with van der Waals surface area (Å²) in [5.74, 6) is -0.493. The lowest BCUT2D eigenvalue weighted by molar-refractivity contribution is -0.129. The van der Waals surface area contributed by atoms with Crippen molar-refractivity contribution in [2.75, 3.05) is 9.21 Å². The molecule has 1 fully saturated rings. The number of hydrogen-bond donors (Lipinski definition) is 0. The molecule has 2 aliphatic rings. The van der Waals surface area contributed by atoms with Crippen molar-refractivity contribution in [3.63, 3.8) is 0 Å². The van der Waals surface area contributed by atoms with E-state index in [4.69, 9.17) is 0 Å². The topological polar surface area (TPSA) is 74.8 Å². The standard InChI is InChI=1S/C20H20N2O4S/c1-14-13-15-5-2-3-6-18(15)22(14)27(25,26)17-11-9-16(10-12-17)21-19(23)7-4-8-20(21)24/h2-3,5-6,9-12,14H,4,7-8,13H2,1H3. The van der Waals surface area contributed by atoms with Crippen molar-refractivity contribution in [1.29, 1.82) is 0 Å². The molecule has 0 saturated carbocycles. The number of para-hydroxylation sites is 1. The number of nitrogens with zero attached hydrogens (tertiary/aromatic N) is 2. The Labute approximate surface area is 158 Å². The molecule has 0 bridgehead atoms. The summed E-state index contributed by atoms with van der Waals surface area (Å²) in [6, 6.07) is 13.3. The molecular formula is C20H20N2O4S. The Morgan fingerprint density at radius 3 is 2.22 bits per heavy atom. The molecule has 0 N–H and O–H groups in total. The Balaban J connectivity index is 1.68. The first-order chi connectivity index (χ1) is 12.9. The predicted octanol–water partition coefficient (Wildman–Crippen LogP) is 2.87. The lowest BCUT2D eigenvalue weighted by Crippen LogP contribution is -2.40. The SMILES string of the molecule is CC1Cc2ccccc2N1S(=O)(=O)c1ccc(N2C(=O)CCCC2=O)cc1. The summed E-state index contributed by atoms with van der Waals surface area (Å²) >= 11 is 0. The summed E-state index contributed by atoms with van der Waals surface area (Å²) in [6.45, 7) is 1.89. The molecule has 2 amide bonds. The first-order valence-corrected chi connectivity index (χ1v) is 10.4.